The normalized spacial score (nSPS) is 25.0. The van der Waals surface area contributed by atoms with Gasteiger partial charge in [0.1, 0.15) is 0 Å². The summed E-state index contributed by atoms with van der Waals surface area (Å²) in [6.45, 7) is 0. The lowest BCUT2D eigenvalue weighted by molar-refractivity contribution is -0.138. The Hall–Kier alpha value is -8.81. The van der Waals surface area contributed by atoms with Crippen LogP contribution < -0.4 is 9.80 Å². The molecule has 8 saturated carbocycles. The molecular formula is C77H63N7. The monoisotopic (exact) mass is 1090 g/mol. The predicted octanol–water partition coefficient (Wildman–Crippen LogP) is 18.9. The van der Waals surface area contributed by atoms with E-state index in [9.17, 15) is 0 Å². The maximum atomic E-state index is 5.94. The molecule has 10 aliphatic rings. The molecular weight excluding hydrogens is 1020 g/mol. The smallest absolute Gasteiger partial charge is 0.241 e. The molecule has 7 bridgehead atoms. The number of aromatic nitrogens is 5. The van der Waals surface area contributed by atoms with Crippen LogP contribution in [0.3, 0.4) is 0 Å². The summed E-state index contributed by atoms with van der Waals surface area (Å²) >= 11 is 0. The highest BCUT2D eigenvalue weighted by atomic mass is 15.4. The largest absolute Gasteiger partial charge is 0.309 e. The molecule has 0 saturated heterocycles. The topological polar surface area (TPSA) is 55.0 Å². The molecule has 1 atom stereocenters. The number of hydrogen-bond acceptors (Lipinski definition) is 5. The number of nitrogens with zero attached hydrogens (tertiary/aromatic N) is 7. The second-order valence-corrected chi connectivity index (χ2v) is 26.8. The van der Waals surface area contributed by atoms with Crippen LogP contribution in [0.2, 0.25) is 0 Å². The van der Waals surface area contributed by atoms with E-state index in [-0.39, 0.29) is 16.2 Å². The fourth-order valence-electron chi connectivity index (χ4n) is 20.8. The van der Waals surface area contributed by atoms with Crippen molar-refractivity contribution in [3.63, 3.8) is 0 Å². The van der Waals surface area contributed by atoms with Crippen LogP contribution in [0.5, 0.6) is 0 Å². The van der Waals surface area contributed by atoms with Crippen LogP contribution in [0.25, 0.3) is 66.4 Å². The highest BCUT2D eigenvalue weighted by Crippen LogP contribution is 2.77. The number of hydrogen-bond donors (Lipinski definition) is 0. The molecule has 2 aliphatic heterocycles. The van der Waals surface area contributed by atoms with Crippen molar-refractivity contribution in [2.75, 3.05) is 9.80 Å². The molecule has 0 amide bonds. The molecule has 0 radical (unpaired) electrons. The molecule has 7 nitrogen and oxygen atoms in total. The van der Waals surface area contributed by atoms with Gasteiger partial charge >= 0.3 is 0 Å². The summed E-state index contributed by atoms with van der Waals surface area (Å²) in [6.07, 6.45) is 14.5. The van der Waals surface area contributed by atoms with E-state index >= 15 is 0 Å². The van der Waals surface area contributed by atoms with Crippen molar-refractivity contribution in [3.8, 4) is 22.8 Å². The van der Waals surface area contributed by atoms with E-state index in [1.54, 1.807) is 0 Å². The average Bonchev–Trinajstić information content (AvgIpc) is 0.863. The van der Waals surface area contributed by atoms with Crippen molar-refractivity contribution in [2.24, 2.45) is 40.9 Å². The van der Waals surface area contributed by atoms with Crippen LogP contribution in [0.1, 0.15) is 92.9 Å². The van der Waals surface area contributed by atoms with Crippen LogP contribution in [-0.2, 0) is 10.8 Å². The first-order valence-electron chi connectivity index (χ1n) is 31.4. The van der Waals surface area contributed by atoms with Crippen LogP contribution in [0.15, 0.2) is 212 Å². The van der Waals surface area contributed by atoms with Gasteiger partial charge in [0.2, 0.25) is 17.8 Å². The quantitative estimate of drug-likeness (QED) is 0.172. The molecule has 3 spiro atoms. The van der Waals surface area contributed by atoms with Gasteiger partial charge in [-0.3, -0.25) is 14.4 Å². The van der Waals surface area contributed by atoms with Crippen LogP contribution in [0, 0.1) is 40.9 Å². The van der Waals surface area contributed by atoms with Gasteiger partial charge in [-0.25, -0.2) is 0 Å². The van der Waals surface area contributed by atoms with Crippen molar-refractivity contribution < 1.29 is 0 Å². The number of anilines is 6. The summed E-state index contributed by atoms with van der Waals surface area (Å²) < 4.78 is 4.73. The molecule has 5 heterocycles. The zero-order valence-electron chi connectivity index (χ0n) is 47.1. The lowest BCUT2D eigenvalue weighted by atomic mass is 9.32. The van der Waals surface area contributed by atoms with E-state index in [4.69, 9.17) is 15.0 Å². The summed E-state index contributed by atoms with van der Waals surface area (Å²) in [6, 6.07) is 80.2. The molecule has 9 aromatic carbocycles. The Morgan fingerprint density at radius 3 is 1.36 bits per heavy atom. The third-order valence-electron chi connectivity index (χ3n) is 23.3. The van der Waals surface area contributed by atoms with Crippen LogP contribution >= 0.6 is 0 Å². The van der Waals surface area contributed by atoms with Gasteiger partial charge in [0, 0.05) is 38.1 Å². The van der Waals surface area contributed by atoms with Gasteiger partial charge in [-0.2, -0.15) is 15.0 Å². The van der Waals surface area contributed by atoms with Crippen molar-refractivity contribution in [1.82, 2.24) is 24.1 Å². The summed E-state index contributed by atoms with van der Waals surface area (Å²) in [5, 5.41) is 4.81. The number of rotatable bonds is 5. The molecule has 406 valence electrons. The van der Waals surface area contributed by atoms with E-state index < -0.39 is 0 Å². The van der Waals surface area contributed by atoms with Gasteiger partial charge in [0.15, 0.2) is 0 Å². The number of fused-ring (bicyclic) bond motifs is 10. The third kappa shape index (κ3) is 5.86. The van der Waals surface area contributed by atoms with Crippen molar-refractivity contribution in [1.29, 1.82) is 0 Å². The summed E-state index contributed by atoms with van der Waals surface area (Å²) in [5.41, 5.74) is 18.8. The average molecular weight is 1090 g/mol. The standard InChI is InChI=1S/C77H63N7/c1-2-18-55(19-3-1)81-64-26-10-4-20-56(64)58-43-50(32-34-66(58)81)51-33-35-67-59(44-51)57-21-5-11-27-65(57)82(67)72-78-73(83-68-28-12-6-22-60(68)76(61-23-7-13-29-69(61)83)53-38-47-37-48(40-53)41-54(76)39-47)80-74(79-72)84-70-30-14-8-24-62(70)77(63-25-9-15-31-71(63)84)52-17-16-36-75(77)45-49(42-52)46-75/h1-15,18-35,43-44,47-49,52-54H,16-17,36-42,45-46H2. The predicted molar refractivity (Wildman–Crippen MR) is 339 cm³/mol. The van der Waals surface area contributed by atoms with Gasteiger partial charge in [-0.15, -0.1) is 0 Å². The van der Waals surface area contributed by atoms with Gasteiger partial charge < -0.3 is 4.57 Å². The second-order valence-electron chi connectivity index (χ2n) is 26.8. The van der Waals surface area contributed by atoms with Gasteiger partial charge in [-0.1, -0.05) is 146 Å². The Balaban J connectivity index is 0.821. The zero-order chi connectivity index (χ0) is 54.6. The SMILES string of the molecule is c1ccc(-n2c3ccccc3c3cc(-c4ccc5c(c4)c4ccccc4n5-c4nc(N5c6ccccc6C6(c7ccccc75)C5CC7CC(C5)CC6C7)nc(N5c6ccccc6C6(c7ccccc75)C5CCCC67CC(C5)C7)n4)ccc32)cc1. The van der Waals surface area contributed by atoms with Gasteiger partial charge in [0.05, 0.1) is 44.8 Å². The molecule has 22 rings (SSSR count). The highest BCUT2D eigenvalue weighted by Gasteiger charge is 2.70. The highest BCUT2D eigenvalue weighted by molar-refractivity contribution is 6.12. The minimum atomic E-state index is -0.0614. The molecule has 84 heavy (non-hydrogen) atoms. The molecule has 0 N–H and O–H groups in total. The number of para-hydroxylation sites is 7. The molecule has 1 unspecified atom stereocenters. The molecule has 8 fully saturated rings. The van der Waals surface area contributed by atoms with Gasteiger partial charge in [0.25, 0.3) is 0 Å². The number of benzene rings is 9. The zero-order valence-corrected chi connectivity index (χ0v) is 47.1. The fraction of sp³-hybridized carbons (Fsp3) is 0.260. The van der Waals surface area contributed by atoms with Crippen molar-refractivity contribution >= 4 is 78.3 Å². The van der Waals surface area contributed by atoms with E-state index in [1.807, 2.05) is 0 Å². The van der Waals surface area contributed by atoms with Crippen molar-refractivity contribution in [2.45, 2.75) is 81.5 Å². The van der Waals surface area contributed by atoms with Gasteiger partial charge in [-0.05, 0) is 211 Å². The Morgan fingerprint density at radius 1 is 0.357 bits per heavy atom. The third-order valence-corrected chi connectivity index (χ3v) is 23.3. The maximum absolute atomic E-state index is 5.94. The Bertz CT molecular complexity index is 4640. The molecule has 7 heteroatoms. The first-order chi connectivity index (χ1) is 41.6. The minimum absolute atomic E-state index is 0.0547. The Morgan fingerprint density at radius 2 is 0.798 bits per heavy atom. The molecule has 12 aromatic rings. The first kappa shape index (κ1) is 46.6. The molecule has 8 aliphatic carbocycles. The maximum Gasteiger partial charge on any atom is 0.241 e. The lowest BCUT2D eigenvalue weighted by Gasteiger charge is -2.72. The Labute approximate surface area is 489 Å². The van der Waals surface area contributed by atoms with Crippen LogP contribution in [-0.4, -0.2) is 24.1 Å². The van der Waals surface area contributed by atoms with E-state index in [0.717, 1.165) is 45.2 Å². The van der Waals surface area contributed by atoms with E-state index in [2.05, 4.69) is 231 Å². The summed E-state index contributed by atoms with van der Waals surface area (Å²) in [7, 11) is 0. The van der Waals surface area contributed by atoms with E-state index in [1.165, 1.54) is 149 Å². The van der Waals surface area contributed by atoms with E-state index in [0.29, 0.717) is 35.6 Å². The second kappa shape index (κ2) is 16.7. The Kier molecular flexibility index (Phi) is 9.28. The van der Waals surface area contributed by atoms with Crippen molar-refractivity contribution in [3.05, 3.63) is 235 Å². The molecule has 3 aromatic heterocycles. The lowest BCUT2D eigenvalue weighted by Crippen LogP contribution is -2.66. The van der Waals surface area contributed by atoms with Crippen LogP contribution in [0.4, 0.5) is 34.6 Å². The summed E-state index contributed by atoms with van der Waals surface area (Å²) in [5.74, 6) is 6.26. The summed E-state index contributed by atoms with van der Waals surface area (Å²) in [4.78, 5) is 22.6. The first-order valence-corrected chi connectivity index (χ1v) is 31.4. The fourth-order valence-corrected chi connectivity index (χ4v) is 20.8. The minimum Gasteiger partial charge on any atom is -0.309 e.